The second-order valence-electron chi connectivity index (χ2n) is 4.70. The molecular formula is C15H15N3O3. The SMILES string of the molecule is CC(=O)c1ccc(NCc2ccncc2C)c([N+](=O)[O-])c1. The van der Waals surface area contributed by atoms with Crippen LogP contribution in [0.2, 0.25) is 0 Å². The number of hydrogen-bond acceptors (Lipinski definition) is 5. The maximum atomic E-state index is 11.3. The first-order valence-electron chi connectivity index (χ1n) is 6.42. The fourth-order valence-corrected chi connectivity index (χ4v) is 1.94. The Morgan fingerprint density at radius 1 is 1.38 bits per heavy atom. The van der Waals surface area contributed by atoms with Crippen LogP contribution < -0.4 is 5.32 Å². The molecule has 0 radical (unpaired) electrons. The molecule has 0 bridgehead atoms. The van der Waals surface area contributed by atoms with Gasteiger partial charge in [-0.1, -0.05) is 0 Å². The van der Waals surface area contributed by atoms with Crippen molar-refractivity contribution < 1.29 is 9.72 Å². The Bertz CT molecular complexity index is 698. The molecule has 1 N–H and O–H groups in total. The first-order chi connectivity index (χ1) is 9.99. The number of anilines is 1. The van der Waals surface area contributed by atoms with E-state index < -0.39 is 4.92 Å². The highest BCUT2D eigenvalue weighted by molar-refractivity contribution is 5.95. The number of benzene rings is 1. The molecule has 1 heterocycles. The lowest BCUT2D eigenvalue weighted by Gasteiger charge is -2.09. The second kappa shape index (κ2) is 6.13. The van der Waals surface area contributed by atoms with Crippen molar-refractivity contribution >= 4 is 17.2 Å². The first-order valence-corrected chi connectivity index (χ1v) is 6.42. The van der Waals surface area contributed by atoms with Gasteiger partial charge in [0.15, 0.2) is 5.78 Å². The number of carbonyl (C=O) groups excluding carboxylic acids is 1. The molecule has 0 spiro atoms. The van der Waals surface area contributed by atoms with E-state index in [1.807, 2.05) is 13.0 Å². The zero-order chi connectivity index (χ0) is 15.4. The molecule has 0 atom stereocenters. The Labute approximate surface area is 122 Å². The van der Waals surface area contributed by atoms with Crippen LogP contribution in [0, 0.1) is 17.0 Å². The summed E-state index contributed by atoms with van der Waals surface area (Å²) < 4.78 is 0. The van der Waals surface area contributed by atoms with Gasteiger partial charge in [0.1, 0.15) is 5.69 Å². The molecule has 108 valence electrons. The Hall–Kier alpha value is -2.76. The van der Waals surface area contributed by atoms with Crippen molar-refractivity contribution in [2.45, 2.75) is 20.4 Å². The number of Topliss-reactive ketones (excluding diaryl/α,β-unsaturated/α-hetero) is 1. The highest BCUT2D eigenvalue weighted by Crippen LogP contribution is 2.26. The third-order valence-corrected chi connectivity index (χ3v) is 3.21. The molecule has 1 aromatic heterocycles. The first kappa shape index (κ1) is 14.6. The fraction of sp³-hybridized carbons (Fsp3) is 0.200. The van der Waals surface area contributed by atoms with Crippen LogP contribution in [0.1, 0.15) is 28.4 Å². The minimum Gasteiger partial charge on any atom is -0.375 e. The zero-order valence-electron chi connectivity index (χ0n) is 11.8. The topological polar surface area (TPSA) is 85.1 Å². The molecule has 2 aromatic rings. The monoisotopic (exact) mass is 285 g/mol. The average molecular weight is 285 g/mol. The number of nitro groups is 1. The highest BCUT2D eigenvalue weighted by atomic mass is 16.6. The standard InChI is InChI=1S/C15H15N3O3/c1-10-8-16-6-5-13(10)9-17-14-4-3-12(11(2)19)7-15(14)18(20)21/h3-8,17H,9H2,1-2H3. The van der Waals surface area contributed by atoms with E-state index >= 15 is 0 Å². The minimum absolute atomic E-state index is 0.102. The van der Waals surface area contributed by atoms with Gasteiger partial charge in [-0.15, -0.1) is 0 Å². The normalized spacial score (nSPS) is 10.2. The lowest BCUT2D eigenvalue weighted by atomic mass is 10.1. The fourth-order valence-electron chi connectivity index (χ4n) is 1.94. The van der Waals surface area contributed by atoms with E-state index in [0.29, 0.717) is 17.8 Å². The summed E-state index contributed by atoms with van der Waals surface area (Å²) in [6.07, 6.45) is 3.42. The van der Waals surface area contributed by atoms with Crippen LogP contribution in [-0.2, 0) is 6.54 Å². The van der Waals surface area contributed by atoms with Gasteiger partial charge in [0.2, 0.25) is 0 Å². The number of rotatable bonds is 5. The van der Waals surface area contributed by atoms with Crippen molar-refractivity contribution in [3.05, 3.63) is 63.5 Å². The number of aryl methyl sites for hydroxylation is 1. The Morgan fingerprint density at radius 3 is 2.76 bits per heavy atom. The summed E-state index contributed by atoms with van der Waals surface area (Å²) in [6, 6.07) is 6.30. The van der Waals surface area contributed by atoms with E-state index in [2.05, 4.69) is 10.3 Å². The van der Waals surface area contributed by atoms with Gasteiger partial charge in [-0.05, 0) is 43.2 Å². The number of nitrogens with zero attached hydrogens (tertiary/aromatic N) is 2. The number of aromatic nitrogens is 1. The van der Waals surface area contributed by atoms with Gasteiger partial charge in [-0.25, -0.2) is 0 Å². The van der Waals surface area contributed by atoms with Crippen LogP contribution in [0.25, 0.3) is 0 Å². The number of nitro benzene ring substituents is 1. The molecule has 0 fully saturated rings. The summed E-state index contributed by atoms with van der Waals surface area (Å²) in [6.45, 7) is 3.76. The maximum absolute atomic E-state index is 11.3. The molecule has 1 aromatic carbocycles. The van der Waals surface area contributed by atoms with E-state index in [1.54, 1.807) is 24.5 Å². The van der Waals surface area contributed by atoms with E-state index in [4.69, 9.17) is 0 Å². The molecule has 0 saturated carbocycles. The molecule has 6 nitrogen and oxygen atoms in total. The molecular weight excluding hydrogens is 270 g/mol. The smallest absolute Gasteiger partial charge is 0.293 e. The molecule has 0 aliphatic rings. The van der Waals surface area contributed by atoms with Crippen molar-refractivity contribution in [3.8, 4) is 0 Å². The van der Waals surface area contributed by atoms with Crippen LogP contribution >= 0.6 is 0 Å². The van der Waals surface area contributed by atoms with Gasteiger partial charge in [0.05, 0.1) is 4.92 Å². The largest absolute Gasteiger partial charge is 0.375 e. The van der Waals surface area contributed by atoms with Crippen LogP contribution in [0.3, 0.4) is 0 Å². The van der Waals surface area contributed by atoms with Gasteiger partial charge in [-0.3, -0.25) is 19.9 Å². The van der Waals surface area contributed by atoms with E-state index in [0.717, 1.165) is 11.1 Å². The predicted molar refractivity (Wildman–Crippen MR) is 79.4 cm³/mol. The van der Waals surface area contributed by atoms with Crippen molar-refractivity contribution in [2.75, 3.05) is 5.32 Å². The Morgan fingerprint density at radius 2 is 2.14 bits per heavy atom. The molecule has 0 aliphatic carbocycles. The molecule has 0 aliphatic heterocycles. The lowest BCUT2D eigenvalue weighted by Crippen LogP contribution is -2.05. The van der Waals surface area contributed by atoms with E-state index in [1.165, 1.54) is 13.0 Å². The number of ketones is 1. The maximum Gasteiger partial charge on any atom is 0.293 e. The Kier molecular flexibility index (Phi) is 4.27. The second-order valence-corrected chi connectivity index (χ2v) is 4.70. The number of carbonyl (C=O) groups is 1. The summed E-state index contributed by atoms with van der Waals surface area (Å²) >= 11 is 0. The van der Waals surface area contributed by atoms with Gasteiger partial charge in [-0.2, -0.15) is 0 Å². The summed E-state index contributed by atoms with van der Waals surface area (Å²) in [4.78, 5) is 25.9. The van der Waals surface area contributed by atoms with E-state index in [9.17, 15) is 14.9 Å². The lowest BCUT2D eigenvalue weighted by molar-refractivity contribution is -0.384. The number of pyridine rings is 1. The van der Waals surface area contributed by atoms with Gasteiger partial charge >= 0.3 is 0 Å². The summed E-state index contributed by atoms with van der Waals surface area (Å²) in [5.41, 5.74) is 2.63. The average Bonchev–Trinajstić information content (AvgIpc) is 2.46. The highest BCUT2D eigenvalue weighted by Gasteiger charge is 2.16. The summed E-state index contributed by atoms with van der Waals surface area (Å²) in [5, 5.41) is 14.2. The third kappa shape index (κ3) is 3.42. The quantitative estimate of drug-likeness (QED) is 0.518. The molecule has 0 amide bonds. The van der Waals surface area contributed by atoms with Crippen LogP contribution in [-0.4, -0.2) is 15.7 Å². The van der Waals surface area contributed by atoms with Crippen molar-refractivity contribution in [1.29, 1.82) is 0 Å². The number of nitrogens with one attached hydrogen (secondary N) is 1. The Balaban J connectivity index is 2.26. The number of hydrogen-bond donors (Lipinski definition) is 1. The van der Waals surface area contributed by atoms with Crippen molar-refractivity contribution in [1.82, 2.24) is 4.98 Å². The van der Waals surface area contributed by atoms with Crippen molar-refractivity contribution in [2.24, 2.45) is 0 Å². The van der Waals surface area contributed by atoms with Gasteiger partial charge < -0.3 is 5.32 Å². The molecule has 0 unspecified atom stereocenters. The molecule has 21 heavy (non-hydrogen) atoms. The van der Waals surface area contributed by atoms with Crippen LogP contribution in [0.4, 0.5) is 11.4 Å². The molecule has 6 heteroatoms. The van der Waals surface area contributed by atoms with Crippen molar-refractivity contribution in [3.63, 3.8) is 0 Å². The van der Waals surface area contributed by atoms with Crippen LogP contribution in [0.15, 0.2) is 36.7 Å². The van der Waals surface area contributed by atoms with Gasteiger partial charge in [0, 0.05) is 30.6 Å². The molecule has 0 saturated heterocycles. The summed E-state index contributed by atoms with van der Waals surface area (Å²) in [7, 11) is 0. The van der Waals surface area contributed by atoms with Gasteiger partial charge in [0.25, 0.3) is 5.69 Å². The predicted octanol–water partition coefficient (Wildman–Crippen LogP) is 3.11. The van der Waals surface area contributed by atoms with E-state index in [-0.39, 0.29) is 11.5 Å². The molecule has 2 rings (SSSR count). The van der Waals surface area contributed by atoms with Crippen LogP contribution in [0.5, 0.6) is 0 Å². The zero-order valence-corrected chi connectivity index (χ0v) is 11.8. The third-order valence-electron chi connectivity index (χ3n) is 3.21. The summed E-state index contributed by atoms with van der Waals surface area (Å²) in [5.74, 6) is -0.199. The minimum atomic E-state index is -0.492.